The molecule has 2 N–H and O–H groups in total. The molecule has 0 aromatic carbocycles. The first-order valence-corrected chi connectivity index (χ1v) is 7.94. The largest absolute Gasteiger partial charge is 0.433 e. The molecule has 0 radical (unpaired) electrons. The summed E-state index contributed by atoms with van der Waals surface area (Å²) in [6.07, 6.45) is -1.15. The van der Waals surface area contributed by atoms with Gasteiger partial charge < -0.3 is 5.84 Å². The molecule has 0 amide bonds. The van der Waals surface area contributed by atoms with Crippen LogP contribution in [0.1, 0.15) is 18.4 Å². The normalized spacial score (nSPS) is 11.7. The Bertz CT molecular complexity index is 880. The fourth-order valence-electron chi connectivity index (χ4n) is 1.96. The molecule has 3 aromatic rings. The number of pyridine rings is 1. The highest BCUT2D eigenvalue weighted by atomic mass is 32.2. The van der Waals surface area contributed by atoms with E-state index in [1.54, 1.807) is 0 Å². The van der Waals surface area contributed by atoms with Crippen molar-refractivity contribution in [3.05, 3.63) is 42.1 Å². The van der Waals surface area contributed by atoms with Crippen molar-refractivity contribution < 1.29 is 13.2 Å². The van der Waals surface area contributed by atoms with Gasteiger partial charge in [0.2, 0.25) is 5.16 Å². The minimum Gasteiger partial charge on any atom is -0.336 e. The molecule has 3 rings (SSSR count). The summed E-state index contributed by atoms with van der Waals surface area (Å²) in [5.74, 6) is 6.29. The Labute approximate surface area is 144 Å². The zero-order chi connectivity index (χ0) is 18.0. The summed E-state index contributed by atoms with van der Waals surface area (Å²) in [7, 11) is 0. The molecule has 0 aliphatic carbocycles. The first-order valence-electron chi connectivity index (χ1n) is 7.12. The van der Waals surface area contributed by atoms with Gasteiger partial charge in [0.1, 0.15) is 10.7 Å². The first kappa shape index (κ1) is 17.1. The van der Waals surface area contributed by atoms with Gasteiger partial charge in [0.15, 0.2) is 11.6 Å². The van der Waals surface area contributed by atoms with E-state index in [4.69, 9.17) is 5.84 Å². The fourth-order valence-corrected chi connectivity index (χ4v) is 2.74. The third-order valence-corrected chi connectivity index (χ3v) is 4.06. The Kier molecular flexibility index (Phi) is 4.57. The molecule has 3 aromatic heterocycles. The van der Waals surface area contributed by atoms with E-state index in [2.05, 4.69) is 25.1 Å². The summed E-state index contributed by atoms with van der Waals surface area (Å²) >= 11 is 0.887. The molecule has 0 fully saturated rings. The van der Waals surface area contributed by atoms with Crippen LogP contribution in [0.5, 0.6) is 0 Å². The Morgan fingerprint density at radius 3 is 2.48 bits per heavy atom. The van der Waals surface area contributed by atoms with Gasteiger partial charge in [0, 0.05) is 30.4 Å². The molecular formula is C14H12F3N7S. The second-order valence-electron chi connectivity index (χ2n) is 4.87. The molecule has 11 heteroatoms. The molecule has 0 bridgehead atoms. The lowest BCUT2D eigenvalue weighted by molar-refractivity contribution is -0.141. The zero-order valence-corrected chi connectivity index (χ0v) is 13.7. The summed E-state index contributed by atoms with van der Waals surface area (Å²) in [4.78, 5) is 11.6. The highest BCUT2D eigenvalue weighted by Gasteiger charge is 2.34. The third kappa shape index (κ3) is 3.71. The van der Waals surface area contributed by atoms with Crippen molar-refractivity contribution in [2.24, 2.45) is 0 Å². The number of hydrogen-bond acceptors (Lipinski definition) is 7. The number of hydrogen-bond donors (Lipinski definition) is 1. The van der Waals surface area contributed by atoms with Crippen molar-refractivity contribution in [1.29, 1.82) is 0 Å². The summed E-state index contributed by atoms with van der Waals surface area (Å²) in [5.41, 5.74) is -0.623. The second kappa shape index (κ2) is 6.67. The summed E-state index contributed by atoms with van der Waals surface area (Å²) in [6.45, 7) is 1.84. The van der Waals surface area contributed by atoms with Gasteiger partial charge in [-0.3, -0.25) is 4.98 Å². The average Bonchev–Trinajstić information content (AvgIpc) is 2.94. The van der Waals surface area contributed by atoms with Crippen LogP contribution in [0.2, 0.25) is 0 Å². The lowest BCUT2D eigenvalue weighted by Gasteiger charge is -2.10. The molecule has 3 heterocycles. The van der Waals surface area contributed by atoms with E-state index >= 15 is 0 Å². The molecular weight excluding hydrogens is 355 g/mol. The second-order valence-corrected chi connectivity index (χ2v) is 5.86. The van der Waals surface area contributed by atoms with E-state index in [9.17, 15) is 13.2 Å². The lowest BCUT2D eigenvalue weighted by atomic mass is 10.2. The van der Waals surface area contributed by atoms with Crippen molar-refractivity contribution >= 4 is 11.8 Å². The number of alkyl halides is 3. The maximum Gasteiger partial charge on any atom is 0.433 e. The summed E-state index contributed by atoms with van der Waals surface area (Å²) < 4.78 is 40.7. The molecule has 0 atom stereocenters. The fraction of sp³-hybridized carbons (Fsp3) is 0.214. The quantitative estimate of drug-likeness (QED) is 0.559. The van der Waals surface area contributed by atoms with Crippen molar-refractivity contribution in [3.63, 3.8) is 0 Å². The number of aromatic nitrogens is 6. The Hall–Kier alpha value is -2.69. The van der Waals surface area contributed by atoms with Crippen LogP contribution in [0.25, 0.3) is 11.4 Å². The molecule has 0 saturated carbocycles. The van der Waals surface area contributed by atoms with Crippen LogP contribution >= 0.6 is 11.8 Å². The monoisotopic (exact) mass is 367 g/mol. The number of halogens is 3. The van der Waals surface area contributed by atoms with Crippen LogP contribution in [-0.4, -0.2) is 29.8 Å². The smallest absolute Gasteiger partial charge is 0.336 e. The van der Waals surface area contributed by atoms with Gasteiger partial charge in [-0.2, -0.15) is 13.2 Å². The molecule has 0 aliphatic heterocycles. The van der Waals surface area contributed by atoms with Crippen molar-refractivity contribution in [2.45, 2.75) is 29.7 Å². The molecule has 0 aliphatic rings. The average molecular weight is 367 g/mol. The van der Waals surface area contributed by atoms with Crippen LogP contribution < -0.4 is 5.84 Å². The minimum atomic E-state index is -4.61. The van der Waals surface area contributed by atoms with Gasteiger partial charge in [-0.15, -0.1) is 10.2 Å². The molecule has 25 heavy (non-hydrogen) atoms. The predicted octanol–water partition coefficient (Wildman–Crippen LogP) is 2.58. The molecule has 130 valence electrons. The number of nitrogens with zero attached hydrogens (tertiary/aromatic N) is 6. The number of nitrogen functional groups attached to an aromatic ring is 1. The molecule has 0 unspecified atom stereocenters. The topological polar surface area (TPSA) is 95.4 Å². The van der Waals surface area contributed by atoms with Crippen LogP contribution in [0, 0.1) is 0 Å². The Balaban J connectivity index is 2.05. The molecule has 7 nitrogen and oxygen atoms in total. The first-order chi connectivity index (χ1) is 11.9. The molecule has 0 spiro atoms. The van der Waals surface area contributed by atoms with Gasteiger partial charge in [0.05, 0.1) is 0 Å². The maximum absolute atomic E-state index is 13.2. The highest BCUT2D eigenvalue weighted by Crippen LogP contribution is 2.33. The van der Waals surface area contributed by atoms with Crippen LogP contribution in [-0.2, 0) is 12.6 Å². The standard InChI is InChI=1S/C14H12F3N7S/c1-2-10-22-23-13(24(10)18)25-11-7-9(14(15,16)17)20-12(21-11)8-3-5-19-6-4-8/h3-7H,2,18H2,1H3. The Morgan fingerprint density at radius 1 is 1.16 bits per heavy atom. The van der Waals surface area contributed by atoms with E-state index in [1.165, 1.54) is 29.2 Å². The van der Waals surface area contributed by atoms with Gasteiger partial charge in [-0.25, -0.2) is 14.6 Å². The van der Waals surface area contributed by atoms with Crippen LogP contribution in [0.3, 0.4) is 0 Å². The zero-order valence-electron chi connectivity index (χ0n) is 12.9. The van der Waals surface area contributed by atoms with Gasteiger partial charge >= 0.3 is 6.18 Å². The van der Waals surface area contributed by atoms with Gasteiger partial charge in [0.25, 0.3) is 0 Å². The third-order valence-electron chi connectivity index (χ3n) is 3.18. The lowest BCUT2D eigenvalue weighted by Crippen LogP contribution is -2.14. The maximum atomic E-state index is 13.2. The van der Waals surface area contributed by atoms with E-state index in [0.717, 1.165) is 17.8 Å². The number of aryl methyl sites for hydroxylation is 1. The van der Waals surface area contributed by atoms with Crippen LogP contribution in [0.15, 0.2) is 40.8 Å². The van der Waals surface area contributed by atoms with Crippen LogP contribution in [0.4, 0.5) is 13.2 Å². The van der Waals surface area contributed by atoms with E-state index in [1.807, 2.05) is 6.92 Å². The Morgan fingerprint density at radius 2 is 1.88 bits per heavy atom. The van der Waals surface area contributed by atoms with Crippen molar-refractivity contribution in [2.75, 3.05) is 5.84 Å². The summed E-state index contributed by atoms with van der Waals surface area (Å²) in [6, 6.07) is 3.92. The highest BCUT2D eigenvalue weighted by molar-refractivity contribution is 7.99. The van der Waals surface area contributed by atoms with Gasteiger partial charge in [-0.05, 0) is 23.9 Å². The number of rotatable bonds is 4. The summed E-state index contributed by atoms with van der Waals surface area (Å²) in [5, 5.41) is 8.06. The van der Waals surface area contributed by atoms with Crippen molar-refractivity contribution in [1.82, 2.24) is 29.8 Å². The van der Waals surface area contributed by atoms with E-state index in [-0.39, 0.29) is 16.0 Å². The predicted molar refractivity (Wildman–Crippen MR) is 83.9 cm³/mol. The van der Waals surface area contributed by atoms with Gasteiger partial charge in [-0.1, -0.05) is 6.92 Å². The van der Waals surface area contributed by atoms with E-state index in [0.29, 0.717) is 17.8 Å². The van der Waals surface area contributed by atoms with Crippen molar-refractivity contribution in [3.8, 4) is 11.4 Å². The molecule has 0 saturated heterocycles. The van der Waals surface area contributed by atoms with E-state index < -0.39 is 11.9 Å². The minimum absolute atomic E-state index is 0.0569. The number of nitrogens with two attached hydrogens (primary N) is 1. The SMILES string of the molecule is CCc1nnc(Sc2cc(C(F)(F)F)nc(-c3ccncc3)n2)n1N.